The summed E-state index contributed by atoms with van der Waals surface area (Å²) in [4.78, 5) is 30.8. The van der Waals surface area contributed by atoms with Crippen LogP contribution in [0.25, 0.3) is 0 Å². The number of nitrogens with zero attached hydrogens (tertiary/aromatic N) is 3. The molecule has 3 heterocycles. The van der Waals surface area contributed by atoms with Gasteiger partial charge in [-0.1, -0.05) is 27.5 Å². The number of likely N-dealkylation sites (tertiary alicyclic amines) is 1. The molecule has 2 atom stereocenters. The molecule has 13 heteroatoms. The third-order valence-electron chi connectivity index (χ3n) is 6.32. The number of halogens is 2. The van der Waals surface area contributed by atoms with Gasteiger partial charge in [0, 0.05) is 25.7 Å². The normalized spacial score (nSPS) is 16.4. The van der Waals surface area contributed by atoms with E-state index in [0.717, 1.165) is 37.9 Å². The predicted octanol–water partition coefficient (Wildman–Crippen LogP) is 4.56. The number of ether oxygens (including phenoxy) is 1. The molecule has 1 fully saturated rings. The van der Waals surface area contributed by atoms with E-state index in [-0.39, 0.29) is 34.9 Å². The highest BCUT2D eigenvalue weighted by Gasteiger charge is 2.35. The lowest BCUT2D eigenvalue weighted by Crippen LogP contribution is -2.52. The number of nitrogens with one attached hydrogen (secondary N) is 2. The third-order valence-corrected chi connectivity index (χ3v) is 8.72. The lowest BCUT2D eigenvalue weighted by atomic mass is 10.0. The second-order valence-corrected chi connectivity index (χ2v) is 11.6. The summed E-state index contributed by atoms with van der Waals surface area (Å²) in [6, 6.07) is 3.91. The fourth-order valence-electron chi connectivity index (χ4n) is 4.32. The van der Waals surface area contributed by atoms with E-state index >= 15 is 0 Å². The van der Waals surface area contributed by atoms with Crippen molar-refractivity contribution >= 4 is 58.1 Å². The number of rotatable bonds is 11. The first-order valence-electron chi connectivity index (χ1n) is 12.2. The number of aryl methyl sites for hydroxylation is 1. The van der Waals surface area contributed by atoms with Crippen molar-refractivity contribution < 1.29 is 18.9 Å². The maximum Gasteiger partial charge on any atom is 0.450 e. The molecule has 0 radical (unpaired) electrons. The molecule has 0 aromatic carbocycles. The van der Waals surface area contributed by atoms with Gasteiger partial charge in [0.2, 0.25) is 0 Å². The SMILES string of the molecule is CCOC(=O)N[S+]([O-])N(Cc1ccsc1)C1CCN([C@H](C)CCNC(=O)c2c(C)cc(Cl)nc2Cl)CC1. The molecule has 0 aliphatic carbocycles. The number of thiophene rings is 1. The summed E-state index contributed by atoms with van der Waals surface area (Å²) in [6.45, 7) is 8.46. The van der Waals surface area contributed by atoms with Crippen LogP contribution < -0.4 is 10.0 Å². The number of hydrogen-bond donors (Lipinski definition) is 2. The molecule has 2 aromatic rings. The number of aromatic nitrogens is 1. The lowest BCUT2D eigenvalue weighted by molar-refractivity contribution is 0.0938. The highest BCUT2D eigenvalue weighted by Crippen LogP contribution is 2.25. The van der Waals surface area contributed by atoms with Crippen LogP contribution in [-0.4, -0.2) is 69.1 Å². The van der Waals surface area contributed by atoms with E-state index in [9.17, 15) is 14.1 Å². The Morgan fingerprint density at radius 3 is 2.73 bits per heavy atom. The molecule has 1 aliphatic rings. The molecule has 9 nitrogen and oxygen atoms in total. The van der Waals surface area contributed by atoms with E-state index in [1.54, 1.807) is 31.3 Å². The van der Waals surface area contributed by atoms with Gasteiger partial charge in [-0.05, 0) is 74.1 Å². The van der Waals surface area contributed by atoms with Gasteiger partial charge in [-0.3, -0.25) is 4.79 Å². The Labute approximate surface area is 235 Å². The summed E-state index contributed by atoms with van der Waals surface area (Å²) >= 11 is 11.9. The van der Waals surface area contributed by atoms with Crippen molar-refractivity contribution in [3.63, 3.8) is 0 Å². The Balaban J connectivity index is 1.50. The van der Waals surface area contributed by atoms with Crippen LogP contribution >= 0.6 is 34.5 Å². The third kappa shape index (κ3) is 8.71. The Hall–Kier alpha value is -1.60. The molecule has 37 heavy (non-hydrogen) atoms. The number of carbonyl (C=O) groups excluding carboxylic acids is 2. The fraction of sp³-hybridized carbons (Fsp3) is 0.542. The summed E-state index contributed by atoms with van der Waals surface area (Å²) in [5, 5.41) is 7.29. The topological polar surface area (TPSA) is 110 Å². The van der Waals surface area contributed by atoms with Crippen LogP contribution in [0.15, 0.2) is 22.9 Å². The monoisotopic (exact) mass is 589 g/mol. The molecule has 1 saturated heterocycles. The van der Waals surface area contributed by atoms with E-state index in [2.05, 4.69) is 26.8 Å². The van der Waals surface area contributed by atoms with Crippen molar-refractivity contribution in [1.29, 1.82) is 0 Å². The largest absolute Gasteiger partial charge is 0.573 e. The molecular weight excluding hydrogens is 557 g/mol. The molecule has 3 rings (SSSR count). The van der Waals surface area contributed by atoms with Crippen molar-refractivity contribution in [2.45, 2.75) is 58.7 Å². The first-order valence-corrected chi connectivity index (χ1v) is 15.0. The zero-order valence-corrected chi connectivity index (χ0v) is 24.3. The molecule has 2 amide bonds. The van der Waals surface area contributed by atoms with Crippen LogP contribution in [-0.2, 0) is 22.8 Å². The average Bonchev–Trinajstić information content (AvgIpc) is 3.35. The minimum absolute atomic E-state index is 0.0494. The fourth-order valence-corrected chi connectivity index (χ4v) is 6.67. The Morgan fingerprint density at radius 2 is 2.11 bits per heavy atom. The van der Waals surface area contributed by atoms with E-state index < -0.39 is 17.6 Å². The van der Waals surface area contributed by atoms with E-state index in [4.69, 9.17) is 27.9 Å². The number of amides is 2. The summed E-state index contributed by atoms with van der Waals surface area (Å²) in [5.74, 6) is -0.266. The Bertz CT molecular complexity index is 1020. The van der Waals surface area contributed by atoms with Crippen molar-refractivity contribution in [2.75, 3.05) is 26.2 Å². The van der Waals surface area contributed by atoms with Gasteiger partial charge in [-0.25, -0.2) is 9.78 Å². The maximum atomic E-state index is 13.0. The summed E-state index contributed by atoms with van der Waals surface area (Å²) in [7, 11) is 0. The van der Waals surface area contributed by atoms with Crippen molar-refractivity contribution in [3.05, 3.63) is 49.9 Å². The molecule has 1 unspecified atom stereocenters. The molecule has 0 bridgehead atoms. The van der Waals surface area contributed by atoms with Gasteiger partial charge in [0.1, 0.15) is 10.3 Å². The number of hydrogen-bond acceptors (Lipinski definition) is 8. The second kappa shape index (κ2) is 14.5. The zero-order chi connectivity index (χ0) is 26.9. The molecule has 0 spiro atoms. The van der Waals surface area contributed by atoms with E-state index in [1.165, 1.54) is 0 Å². The standard InChI is InChI=1S/C24H33Cl2N5O4S2/c1-4-35-24(33)29-37(34)31(14-18-8-12-36-15-18)19-6-10-30(11-7-19)17(3)5-9-27-23(32)21-16(2)13-20(25)28-22(21)26/h8,12-13,15,17,19H,4-7,9-11,14H2,1-3H3,(H,27,32)(H,29,33)/t17-,37?/m1/s1. The van der Waals surface area contributed by atoms with Crippen LogP contribution in [0.2, 0.25) is 10.3 Å². The molecular formula is C24H33Cl2N5O4S2. The first-order chi connectivity index (χ1) is 17.7. The van der Waals surface area contributed by atoms with Crippen molar-refractivity contribution in [2.24, 2.45) is 0 Å². The first kappa shape index (κ1) is 29.9. The lowest BCUT2D eigenvalue weighted by Gasteiger charge is -2.39. The minimum atomic E-state index is -1.70. The number of carbonyl (C=O) groups is 2. The highest BCUT2D eigenvalue weighted by molar-refractivity contribution is 7.87. The predicted molar refractivity (Wildman–Crippen MR) is 148 cm³/mol. The minimum Gasteiger partial charge on any atom is -0.573 e. The Morgan fingerprint density at radius 1 is 1.38 bits per heavy atom. The van der Waals surface area contributed by atoms with Gasteiger partial charge in [0.05, 0.1) is 24.8 Å². The molecule has 1 aliphatic heterocycles. The summed E-state index contributed by atoms with van der Waals surface area (Å²) in [5.41, 5.74) is 2.08. The van der Waals surface area contributed by atoms with Crippen molar-refractivity contribution in [1.82, 2.24) is 24.2 Å². The quantitative estimate of drug-likeness (QED) is 0.292. The Kier molecular flexibility index (Phi) is 11.8. The average molecular weight is 591 g/mol. The summed E-state index contributed by atoms with van der Waals surface area (Å²) in [6.07, 6.45) is 1.70. The maximum absolute atomic E-state index is 13.0. The number of piperidine rings is 1. The highest BCUT2D eigenvalue weighted by atomic mass is 35.5. The van der Waals surface area contributed by atoms with Gasteiger partial charge < -0.3 is 19.5 Å². The van der Waals surface area contributed by atoms with Crippen LogP contribution in [0.5, 0.6) is 0 Å². The molecule has 0 saturated carbocycles. The van der Waals surface area contributed by atoms with Gasteiger partial charge in [-0.15, -0.1) is 4.72 Å². The van der Waals surface area contributed by atoms with Crippen LogP contribution in [0.4, 0.5) is 4.79 Å². The van der Waals surface area contributed by atoms with Crippen LogP contribution in [0.1, 0.15) is 54.6 Å². The smallest absolute Gasteiger partial charge is 0.450 e. The molecule has 2 aromatic heterocycles. The van der Waals surface area contributed by atoms with E-state index in [1.807, 2.05) is 21.1 Å². The molecule has 2 N–H and O–H groups in total. The van der Waals surface area contributed by atoms with Gasteiger partial charge in [0.25, 0.3) is 5.91 Å². The summed E-state index contributed by atoms with van der Waals surface area (Å²) < 4.78 is 22.2. The second-order valence-electron chi connectivity index (χ2n) is 8.87. The van der Waals surface area contributed by atoms with Crippen molar-refractivity contribution in [3.8, 4) is 0 Å². The molecule has 204 valence electrons. The van der Waals surface area contributed by atoms with Crippen LogP contribution in [0, 0.1) is 6.92 Å². The van der Waals surface area contributed by atoms with Gasteiger partial charge in [0.15, 0.2) is 11.5 Å². The van der Waals surface area contributed by atoms with Gasteiger partial charge in [-0.2, -0.15) is 11.3 Å². The van der Waals surface area contributed by atoms with Crippen LogP contribution in [0.3, 0.4) is 0 Å². The van der Waals surface area contributed by atoms with Gasteiger partial charge >= 0.3 is 6.09 Å². The zero-order valence-electron chi connectivity index (χ0n) is 21.2. The van der Waals surface area contributed by atoms with E-state index in [0.29, 0.717) is 24.2 Å². The number of pyridine rings is 1.